The molecule has 0 spiro atoms. The molecule has 0 N–H and O–H groups in total. The molecule has 0 amide bonds. The van der Waals surface area contributed by atoms with E-state index in [1.165, 1.54) is 6.08 Å². The highest BCUT2D eigenvalue weighted by molar-refractivity contribution is 9.10. The van der Waals surface area contributed by atoms with Gasteiger partial charge in [0, 0.05) is 11.6 Å². The first-order chi connectivity index (χ1) is 10.6. The number of benzene rings is 2. The van der Waals surface area contributed by atoms with Gasteiger partial charge < -0.3 is 14.2 Å². The molecule has 0 saturated heterocycles. The molecular formula is C17H15BrO4. The second kappa shape index (κ2) is 7.66. The van der Waals surface area contributed by atoms with Crippen LogP contribution in [0.4, 0.5) is 0 Å². The standard InChI is InChI=1S/C17H15BrO4/c1-20-13-8-9-15(21-2)12(11-13)7-10-17(19)22-16-6-4-3-5-14(16)18/h3-11H,1-2H3. The maximum Gasteiger partial charge on any atom is 0.336 e. The van der Waals surface area contributed by atoms with Crippen LogP contribution in [0.25, 0.3) is 6.08 Å². The number of carbonyl (C=O) groups excluding carboxylic acids is 1. The van der Waals surface area contributed by atoms with E-state index in [0.717, 1.165) is 10.0 Å². The third-order valence-corrected chi connectivity index (χ3v) is 3.54. The zero-order valence-corrected chi connectivity index (χ0v) is 13.8. The Morgan fingerprint density at radius 2 is 1.82 bits per heavy atom. The minimum atomic E-state index is -0.475. The van der Waals surface area contributed by atoms with Gasteiger partial charge in [-0.1, -0.05) is 12.1 Å². The number of carbonyl (C=O) groups is 1. The van der Waals surface area contributed by atoms with Crippen LogP contribution < -0.4 is 14.2 Å². The number of rotatable bonds is 5. The summed E-state index contributed by atoms with van der Waals surface area (Å²) in [5.41, 5.74) is 0.728. The third-order valence-electron chi connectivity index (χ3n) is 2.88. The fourth-order valence-corrected chi connectivity index (χ4v) is 2.16. The van der Waals surface area contributed by atoms with E-state index in [9.17, 15) is 4.79 Å². The quantitative estimate of drug-likeness (QED) is 0.456. The van der Waals surface area contributed by atoms with E-state index in [2.05, 4.69) is 15.9 Å². The van der Waals surface area contributed by atoms with Crippen LogP contribution in [0.15, 0.2) is 53.0 Å². The van der Waals surface area contributed by atoms with Gasteiger partial charge in [0.2, 0.25) is 0 Å². The van der Waals surface area contributed by atoms with Crippen molar-refractivity contribution < 1.29 is 19.0 Å². The van der Waals surface area contributed by atoms with Crippen molar-refractivity contribution >= 4 is 28.0 Å². The van der Waals surface area contributed by atoms with Gasteiger partial charge >= 0.3 is 5.97 Å². The molecule has 4 nitrogen and oxygen atoms in total. The normalized spacial score (nSPS) is 10.5. The monoisotopic (exact) mass is 362 g/mol. The highest BCUT2D eigenvalue weighted by atomic mass is 79.9. The lowest BCUT2D eigenvalue weighted by Crippen LogP contribution is -2.04. The average Bonchev–Trinajstić information content (AvgIpc) is 2.54. The summed E-state index contributed by atoms with van der Waals surface area (Å²) in [4.78, 5) is 11.9. The van der Waals surface area contributed by atoms with Crippen LogP contribution in [-0.4, -0.2) is 20.2 Å². The van der Waals surface area contributed by atoms with Gasteiger partial charge in [-0.15, -0.1) is 0 Å². The van der Waals surface area contributed by atoms with Gasteiger partial charge in [-0.25, -0.2) is 4.79 Å². The highest BCUT2D eigenvalue weighted by Crippen LogP contribution is 2.26. The fraction of sp³-hybridized carbons (Fsp3) is 0.118. The van der Waals surface area contributed by atoms with Crippen molar-refractivity contribution in [1.82, 2.24) is 0 Å². The summed E-state index contributed by atoms with van der Waals surface area (Å²) >= 11 is 3.32. The molecule has 0 aliphatic heterocycles. The lowest BCUT2D eigenvalue weighted by molar-refractivity contribution is -0.128. The predicted molar refractivity (Wildman–Crippen MR) is 88.4 cm³/mol. The summed E-state index contributed by atoms with van der Waals surface area (Å²) in [7, 11) is 3.15. The average molecular weight is 363 g/mol. The van der Waals surface area contributed by atoms with Crippen molar-refractivity contribution in [2.24, 2.45) is 0 Å². The van der Waals surface area contributed by atoms with E-state index >= 15 is 0 Å². The molecular weight excluding hydrogens is 348 g/mol. The third kappa shape index (κ3) is 4.11. The Kier molecular flexibility index (Phi) is 5.61. The number of para-hydroxylation sites is 1. The molecule has 22 heavy (non-hydrogen) atoms. The van der Waals surface area contributed by atoms with Gasteiger partial charge in [-0.2, -0.15) is 0 Å². The molecule has 2 aromatic carbocycles. The van der Waals surface area contributed by atoms with Crippen molar-refractivity contribution in [1.29, 1.82) is 0 Å². The topological polar surface area (TPSA) is 44.8 Å². The maximum atomic E-state index is 11.9. The number of hydrogen-bond donors (Lipinski definition) is 0. The Labute approximate surface area is 137 Å². The lowest BCUT2D eigenvalue weighted by Gasteiger charge is -2.07. The van der Waals surface area contributed by atoms with Gasteiger partial charge in [-0.3, -0.25) is 0 Å². The zero-order chi connectivity index (χ0) is 15.9. The van der Waals surface area contributed by atoms with E-state index in [4.69, 9.17) is 14.2 Å². The van der Waals surface area contributed by atoms with Gasteiger partial charge in [0.15, 0.2) is 0 Å². The van der Waals surface area contributed by atoms with Crippen LogP contribution in [0.2, 0.25) is 0 Å². The predicted octanol–water partition coefficient (Wildman–Crippen LogP) is 4.09. The van der Waals surface area contributed by atoms with Crippen molar-refractivity contribution in [2.45, 2.75) is 0 Å². The molecule has 0 atom stereocenters. The smallest absolute Gasteiger partial charge is 0.336 e. The maximum absolute atomic E-state index is 11.9. The van der Waals surface area contributed by atoms with Crippen LogP contribution in [-0.2, 0) is 4.79 Å². The molecule has 0 heterocycles. The van der Waals surface area contributed by atoms with E-state index in [0.29, 0.717) is 17.2 Å². The lowest BCUT2D eigenvalue weighted by atomic mass is 10.1. The van der Waals surface area contributed by atoms with Gasteiger partial charge in [-0.05, 0) is 52.3 Å². The van der Waals surface area contributed by atoms with Gasteiger partial charge in [0.05, 0.1) is 18.7 Å². The first-order valence-corrected chi connectivity index (χ1v) is 7.30. The molecule has 0 aromatic heterocycles. The van der Waals surface area contributed by atoms with Crippen molar-refractivity contribution in [3.63, 3.8) is 0 Å². The Morgan fingerprint density at radius 1 is 1.05 bits per heavy atom. The van der Waals surface area contributed by atoms with Crippen molar-refractivity contribution in [3.05, 3.63) is 58.6 Å². The Bertz CT molecular complexity index is 695. The molecule has 0 saturated carbocycles. The minimum Gasteiger partial charge on any atom is -0.497 e. The molecule has 0 bridgehead atoms. The van der Waals surface area contributed by atoms with Crippen LogP contribution in [0.5, 0.6) is 17.2 Å². The molecule has 0 aliphatic carbocycles. The van der Waals surface area contributed by atoms with Crippen LogP contribution in [0.3, 0.4) is 0 Å². The molecule has 2 rings (SSSR count). The molecule has 2 aromatic rings. The molecule has 5 heteroatoms. The number of hydrogen-bond acceptors (Lipinski definition) is 4. The van der Waals surface area contributed by atoms with E-state index in [1.807, 2.05) is 6.07 Å². The Hall–Kier alpha value is -2.27. The first-order valence-electron chi connectivity index (χ1n) is 6.50. The van der Waals surface area contributed by atoms with Crippen molar-refractivity contribution in [2.75, 3.05) is 14.2 Å². The summed E-state index contributed by atoms with van der Waals surface area (Å²) in [6.07, 6.45) is 2.97. The van der Waals surface area contributed by atoms with E-state index in [-0.39, 0.29) is 0 Å². The van der Waals surface area contributed by atoms with Crippen LogP contribution in [0.1, 0.15) is 5.56 Å². The van der Waals surface area contributed by atoms with Gasteiger partial charge in [0.25, 0.3) is 0 Å². The second-order valence-electron chi connectivity index (χ2n) is 4.29. The number of ether oxygens (including phenoxy) is 3. The van der Waals surface area contributed by atoms with Crippen LogP contribution >= 0.6 is 15.9 Å². The van der Waals surface area contributed by atoms with Crippen LogP contribution in [0, 0.1) is 0 Å². The highest BCUT2D eigenvalue weighted by Gasteiger charge is 2.06. The van der Waals surface area contributed by atoms with E-state index < -0.39 is 5.97 Å². The molecule has 0 fully saturated rings. The molecule has 0 radical (unpaired) electrons. The number of halogens is 1. The van der Waals surface area contributed by atoms with E-state index in [1.54, 1.807) is 56.7 Å². The number of esters is 1. The van der Waals surface area contributed by atoms with Gasteiger partial charge in [0.1, 0.15) is 17.2 Å². The number of methoxy groups -OCH3 is 2. The summed E-state index contributed by atoms with van der Waals surface area (Å²) in [5, 5.41) is 0. The summed E-state index contributed by atoms with van der Waals surface area (Å²) in [6, 6.07) is 12.5. The summed E-state index contributed by atoms with van der Waals surface area (Å²) < 4.78 is 16.4. The van der Waals surface area contributed by atoms with Crippen molar-refractivity contribution in [3.8, 4) is 17.2 Å². The molecule has 0 aliphatic rings. The molecule has 0 unspecified atom stereocenters. The zero-order valence-electron chi connectivity index (χ0n) is 12.2. The second-order valence-corrected chi connectivity index (χ2v) is 5.15. The first kappa shape index (κ1) is 16.1. The molecule has 114 valence electrons. The summed E-state index contributed by atoms with van der Waals surface area (Å²) in [6.45, 7) is 0. The SMILES string of the molecule is COc1ccc(OC)c(C=CC(=O)Oc2ccccc2Br)c1. The Morgan fingerprint density at radius 3 is 2.50 bits per heavy atom. The fourth-order valence-electron chi connectivity index (χ4n) is 1.80. The minimum absolute atomic E-state index is 0.467. The Balaban J connectivity index is 2.14. The summed E-state index contributed by atoms with van der Waals surface area (Å²) in [5.74, 6) is 1.32. The largest absolute Gasteiger partial charge is 0.497 e.